The zero-order chi connectivity index (χ0) is 12.0. The fraction of sp³-hybridized carbons (Fsp3) is 0.667. The minimum Gasteiger partial charge on any atom is -0.463 e. The second-order valence-electron chi connectivity index (χ2n) is 3.96. The summed E-state index contributed by atoms with van der Waals surface area (Å²) >= 11 is 0. The summed E-state index contributed by atoms with van der Waals surface area (Å²) in [4.78, 5) is 2.17. The first-order valence-electron chi connectivity index (χ1n) is 5.72. The van der Waals surface area contributed by atoms with Crippen LogP contribution in [-0.2, 0) is 17.8 Å². The van der Waals surface area contributed by atoms with Crippen molar-refractivity contribution in [2.45, 2.75) is 26.9 Å². The standard InChI is InChI=1S/C12H22N2O2/c1-4-15-6-5-14(3)9-11-7-10(2)12(8-13)16-11/h7H,4-6,8-9,13H2,1-3H3. The highest BCUT2D eigenvalue weighted by Gasteiger charge is 2.08. The molecule has 0 unspecified atom stereocenters. The summed E-state index contributed by atoms with van der Waals surface area (Å²) in [5.41, 5.74) is 6.70. The van der Waals surface area contributed by atoms with Gasteiger partial charge in [0.1, 0.15) is 11.5 Å². The Morgan fingerprint density at radius 1 is 1.50 bits per heavy atom. The predicted octanol–water partition coefficient (Wildman–Crippen LogP) is 1.52. The lowest BCUT2D eigenvalue weighted by Gasteiger charge is -2.14. The summed E-state index contributed by atoms with van der Waals surface area (Å²) in [6.07, 6.45) is 0. The molecule has 1 aromatic heterocycles. The Morgan fingerprint density at radius 2 is 2.25 bits per heavy atom. The van der Waals surface area contributed by atoms with E-state index in [9.17, 15) is 0 Å². The molecule has 0 aromatic carbocycles. The summed E-state index contributed by atoms with van der Waals surface area (Å²) in [7, 11) is 2.05. The molecular weight excluding hydrogens is 204 g/mol. The molecule has 2 N–H and O–H groups in total. The first-order chi connectivity index (χ1) is 7.67. The van der Waals surface area contributed by atoms with Gasteiger partial charge in [-0.1, -0.05) is 0 Å². The second kappa shape index (κ2) is 6.68. The van der Waals surface area contributed by atoms with E-state index >= 15 is 0 Å². The fourth-order valence-corrected chi connectivity index (χ4v) is 1.58. The molecule has 0 aliphatic heterocycles. The van der Waals surface area contributed by atoms with Gasteiger partial charge in [-0.2, -0.15) is 0 Å². The number of hydrogen-bond donors (Lipinski definition) is 1. The average molecular weight is 226 g/mol. The van der Waals surface area contributed by atoms with Gasteiger partial charge >= 0.3 is 0 Å². The van der Waals surface area contributed by atoms with Crippen LogP contribution in [0.1, 0.15) is 24.0 Å². The highest BCUT2D eigenvalue weighted by Crippen LogP contribution is 2.15. The van der Waals surface area contributed by atoms with Crippen LogP contribution in [0.4, 0.5) is 0 Å². The number of aryl methyl sites for hydroxylation is 1. The maximum absolute atomic E-state index is 5.63. The largest absolute Gasteiger partial charge is 0.463 e. The molecule has 0 fully saturated rings. The lowest BCUT2D eigenvalue weighted by Crippen LogP contribution is -2.22. The van der Waals surface area contributed by atoms with Crippen LogP contribution in [0.15, 0.2) is 10.5 Å². The van der Waals surface area contributed by atoms with Crippen LogP contribution in [0.25, 0.3) is 0 Å². The van der Waals surface area contributed by atoms with Crippen LogP contribution < -0.4 is 5.73 Å². The zero-order valence-electron chi connectivity index (χ0n) is 10.5. The Hall–Kier alpha value is -0.840. The van der Waals surface area contributed by atoms with Gasteiger partial charge in [-0.05, 0) is 32.5 Å². The van der Waals surface area contributed by atoms with E-state index in [2.05, 4.69) is 18.0 Å². The molecule has 0 atom stereocenters. The molecule has 1 aromatic rings. The molecule has 0 aliphatic rings. The third-order valence-corrected chi connectivity index (χ3v) is 2.50. The van der Waals surface area contributed by atoms with E-state index < -0.39 is 0 Å². The van der Waals surface area contributed by atoms with Crippen molar-refractivity contribution in [3.63, 3.8) is 0 Å². The molecule has 1 heterocycles. The lowest BCUT2D eigenvalue weighted by atomic mass is 10.2. The fourth-order valence-electron chi connectivity index (χ4n) is 1.58. The quantitative estimate of drug-likeness (QED) is 0.716. The zero-order valence-corrected chi connectivity index (χ0v) is 10.5. The Morgan fingerprint density at radius 3 is 2.81 bits per heavy atom. The van der Waals surface area contributed by atoms with Crippen LogP contribution in [-0.4, -0.2) is 31.7 Å². The molecule has 0 radical (unpaired) electrons. The highest BCUT2D eigenvalue weighted by atomic mass is 16.5. The number of likely N-dealkylation sites (N-methyl/N-ethyl adjacent to an activating group) is 1. The molecule has 0 aliphatic carbocycles. The van der Waals surface area contributed by atoms with Gasteiger partial charge in [0.05, 0.1) is 19.7 Å². The number of hydrogen-bond acceptors (Lipinski definition) is 4. The maximum Gasteiger partial charge on any atom is 0.120 e. The van der Waals surface area contributed by atoms with Gasteiger partial charge in [-0.15, -0.1) is 0 Å². The normalized spacial score (nSPS) is 11.3. The summed E-state index contributed by atoms with van der Waals surface area (Å²) < 4.78 is 10.9. The van der Waals surface area contributed by atoms with Crippen molar-refractivity contribution in [3.8, 4) is 0 Å². The minimum atomic E-state index is 0.467. The molecule has 4 nitrogen and oxygen atoms in total. The van der Waals surface area contributed by atoms with E-state index in [4.69, 9.17) is 14.9 Å². The summed E-state index contributed by atoms with van der Waals surface area (Å²) in [5, 5.41) is 0. The van der Waals surface area contributed by atoms with Crippen LogP contribution >= 0.6 is 0 Å². The summed E-state index contributed by atoms with van der Waals surface area (Å²) in [6, 6.07) is 2.05. The van der Waals surface area contributed by atoms with Crippen molar-refractivity contribution < 1.29 is 9.15 Å². The summed E-state index contributed by atoms with van der Waals surface area (Å²) in [5.74, 6) is 1.85. The number of nitrogens with zero attached hydrogens (tertiary/aromatic N) is 1. The topological polar surface area (TPSA) is 51.6 Å². The van der Waals surface area contributed by atoms with Crippen LogP contribution in [0.5, 0.6) is 0 Å². The van der Waals surface area contributed by atoms with Crippen molar-refractivity contribution in [1.29, 1.82) is 0 Å². The molecule has 16 heavy (non-hydrogen) atoms. The second-order valence-corrected chi connectivity index (χ2v) is 3.96. The number of ether oxygens (including phenoxy) is 1. The Labute approximate surface area is 97.4 Å². The van der Waals surface area contributed by atoms with E-state index in [1.165, 1.54) is 0 Å². The first kappa shape index (κ1) is 13.2. The maximum atomic E-state index is 5.63. The third kappa shape index (κ3) is 3.96. The van der Waals surface area contributed by atoms with E-state index in [1.54, 1.807) is 0 Å². The van der Waals surface area contributed by atoms with Crippen molar-refractivity contribution in [2.75, 3.05) is 26.8 Å². The number of furan rings is 1. The van der Waals surface area contributed by atoms with Crippen LogP contribution in [0.2, 0.25) is 0 Å². The molecule has 0 saturated carbocycles. The number of rotatable bonds is 7. The molecule has 92 valence electrons. The van der Waals surface area contributed by atoms with Gasteiger partial charge in [0.15, 0.2) is 0 Å². The van der Waals surface area contributed by atoms with Crippen molar-refractivity contribution in [3.05, 3.63) is 23.2 Å². The molecule has 0 spiro atoms. The minimum absolute atomic E-state index is 0.467. The van der Waals surface area contributed by atoms with Gasteiger partial charge in [-0.25, -0.2) is 0 Å². The Kier molecular flexibility index (Phi) is 5.52. The lowest BCUT2D eigenvalue weighted by molar-refractivity contribution is 0.118. The van der Waals surface area contributed by atoms with Crippen molar-refractivity contribution in [2.24, 2.45) is 5.73 Å². The van der Waals surface area contributed by atoms with E-state index in [1.807, 2.05) is 13.8 Å². The smallest absolute Gasteiger partial charge is 0.120 e. The Bertz CT molecular complexity index is 310. The van der Waals surface area contributed by atoms with Crippen molar-refractivity contribution in [1.82, 2.24) is 4.90 Å². The monoisotopic (exact) mass is 226 g/mol. The third-order valence-electron chi connectivity index (χ3n) is 2.50. The average Bonchev–Trinajstić information content (AvgIpc) is 2.59. The van der Waals surface area contributed by atoms with E-state index in [-0.39, 0.29) is 0 Å². The van der Waals surface area contributed by atoms with Crippen LogP contribution in [0, 0.1) is 6.92 Å². The van der Waals surface area contributed by atoms with E-state index in [0.717, 1.165) is 43.4 Å². The van der Waals surface area contributed by atoms with Gasteiger partial charge < -0.3 is 14.9 Å². The first-order valence-corrected chi connectivity index (χ1v) is 5.72. The molecule has 0 saturated heterocycles. The number of nitrogens with two attached hydrogens (primary N) is 1. The molecule has 0 amide bonds. The van der Waals surface area contributed by atoms with Gasteiger partial charge in [0.2, 0.25) is 0 Å². The molecule has 1 rings (SSSR count). The summed E-state index contributed by atoms with van der Waals surface area (Å²) in [6.45, 7) is 7.73. The Balaban J connectivity index is 2.40. The van der Waals surface area contributed by atoms with Gasteiger partial charge in [-0.3, -0.25) is 4.90 Å². The highest BCUT2D eigenvalue weighted by molar-refractivity contribution is 5.19. The molecular formula is C12H22N2O2. The van der Waals surface area contributed by atoms with Crippen LogP contribution in [0.3, 0.4) is 0 Å². The van der Waals surface area contributed by atoms with E-state index in [0.29, 0.717) is 6.54 Å². The van der Waals surface area contributed by atoms with Gasteiger partial charge in [0.25, 0.3) is 0 Å². The van der Waals surface area contributed by atoms with Crippen molar-refractivity contribution >= 4 is 0 Å². The predicted molar refractivity (Wildman–Crippen MR) is 64.2 cm³/mol. The molecule has 0 bridgehead atoms. The molecule has 4 heteroatoms. The van der Waals surface area contributed by atoms with Gasteiger partial charge in [0, 0.05) is 13.2 Å². The SMILES string of the molecule is CCOCCN(C)Cc1cc(C)c(CN)o1.